The van der Waals surface area contributed by atoms with Gasteiger partial charge in [0.05, 0.1) is 13.7 Å². The molecule has 3 aromatic rings. The van der Waals surface area contributed by atoms with Crippen LogP contribution in [0.1, 0.15) is 22.5 Å². The van der Waals surface area contributed by atoms with Gasteiger partial charge in [-0.05, 0) is 55.0 Å². The first-order chi connectivity index (χ1) is 16.8. The maximum atomic E-state index is 12.7. The molecule has 1 fully saturated rings. The molecule has 35 heavy (non-hydrogen) atoms. The quantitative estimate of drug-likeness (QED) is 0.427. The number of nitrogens with one attached hydrogen (secondary N) is 3. The molecule has 0 unspecified atom stereocenters. The van der Waals surface area contributed by atoms with Gasteiger partial charge in [-0.1, -0.05) is 6.07 Å². The lowest BCUT2D eigenvalue weighted by molar-refractivity contribution is -0.125. The number of aryl methyl sites for hydroxylation is 1. The van der Waals surface area contributed by atoms with Crippen molar-refractivity contribution in [1.29, 1.82) is 0 Å². The first-order valence-corrected chi connectivity index (χ1v) is 10.8. The average molecular weight is 476 g/mol. The predicted molar refractivity (Wildman–Crippen MR) is 128 cm³/mol. The van der Waals surface area contributed by atoms with E-state index in [0.717, 1.165) is 16.2 Å². The standard InChI is InChI=1S/C24H24N6O5/c1-15-3-8-20(35-2)19(13-15)30-12-9-18(28-30)23(33)27-17-6-4-16(5-7-17)26-21(31)10-11-29-22(32)14-25-24(29)34/h3-9,12-13H,10-11,14H2,1-2H3,(H,25,34)(H,26,31)(H,27,33). The first kappa shape index (κ1) is 23.5. The number of anilines is 2. The number of amides is 5. The van der Waals surface area contributed by atoms with Crippen LogP contribution < -0.4 is 20.7 Å². The van der Waals surface area contributed by atoms with Crippen molar-refractivity contribution in [1.82, 2.24) is 20.0 Å². The number of hydrogen-bond acceptors (Lipinski definition) is 6. The second-order valence-corrected chi connectivity index (χ2v) is 7.85. The molecule has 1 aromatic heterocycles. The van der Waals surface area contributed by atoms with Crippen molar-refractivity contribution in [2.45, 2.75) is 13.3 Å². The third-order valence-corrected chi connectivity index (χ3v) is 5.33. The van der Waals surface area contributed by atoms with Gasteiger partial charge in [-0.15, -0.1) is 0 Å². The molecule has 5 amide bonds. The first-order valence-electron chi connectivity index (χ1n) is 10.8. The summed E-state index contributed by atoms with van der Waals surface area (Å²) in [6.45, 7) is 1.92. The average Bonchev–Trinajstić information content (AvgIpc) is 3.46. The summed E-state index contributed by atoms with van der Waals surface area (Å²) in [5.74, 6) is -0.448. The van der Waals surface area contributed by atoms with Gasteiger partial charge < -0.3 is 20.7 Å². The summed E-state index contributed by atoms with van der Waals surface area (Å²) in [6, 6.07) is 13.4. The zero-order valence-electron chi connectivity index (χ0n) is 19.2. The molecule has 4 rings (SSSR count). The number of carbonyl (C=O) groups is 4. The van der Waals surface area contributed by atoms with Crippen LogP contribution in [0.5, 0.6) is 5.75 Å². The van der Waals surface area contributed by atoms with Gasteiger partial charge in [0, 0.05) is 30.5 Å². The van der Waals surface area contributed by atoms with E-state index in [9.17, 15) is 19.2 Å². The van der Waals surface area contributed by atoms with Crippen LogP contribution in [0, 0.1) is 6.92 Å². The minimum absolute atomic E-state index is 0.00567. The number of hydrogen-bond donors (Lipinski definition) is 3. The SMILES string of the molecule is COc1ccc(C)cc1-n1ccc(C(=O)Nc2ccc(NC(=O)CCN3C(=O)CNC3=O)cc2)n1. The fraction of sp³-hybridized carbons (Fsp3) is 0.208. The number of urea groups is 1. The molecule has 0 atom stereocenters. The largest absolute Gasteiger partial charge is 0.494 e. The molecule has 0 spiro atoms. The molecule has 11 heteroatoms. The van der Waals surface area contributed by atoms with Crippen LogP contribution in [-0.2, 0) is 9.59 Å². The summed E-state index contributed by atoms with van der Waals surface area (Å²) in [5.41, 5.74) is 3.02. The van der Waals surface area contributed by atoms with Crippen molar-refractivity contribution in [3.63, 3.8) is 0 Å². The summed E-state index contributed by atoms with van der Waals surface area (Å²) >= 11 is 0. The van der Waals surface area contributed by atoms with Gasteiger partial charge in [0.25, 0.3) is 5.91 Å². The molecule has 0 radical (unpaired) electrons. The van der Waals surface area contributed by atoms with Gasteiger partial charge in [0.15, 0.2) is 5.69 Å². The minimum Gasteiger partial charge on any atom is -0.494 e. The van der Waals surface area contributed by atoms with E-state index in [-0.39, 0.29) is 42.9 Å². The molecule has 0 aliphatic carbocycles. The molecule has 0 saturated carbocycles. The Morgan fingerprint density at radius 1 is 1.06 bits per heavy atom. The maximum absolute atomic E-state index is 12.7. The summed E-state index contributed by atoms with van der Waals surface area (Å²) < 4.78 is 6.96. The summed E-state index contributed by atoms with van der Waals surface area (Å²) in [7, 11) is 1.57. The third-order valence-electron chi connectivity index (χ3n) is 5.33. The van der Waals surface area contributed by atoms with Crippen molar-refractivity contribution in [2.24, 2.45) is 0 Å². The van der Waals surface area contributed by atoms with E-state index in [1.165, 1.54) is 0 Å². The number of ether oxygens (including phenoxy) is 1. The van der Waals surface area contributed by atoms with E-state index in [1.54, 1.807) is 48.3 Å². The monoisotopic (exact) mass is 476 g/mol. The van der Waals surface area contributed by atoms with E-state index >= 15 is 0 Å². The normalized spacial score (nSPS) is 12.9. The molecule has 2 heterocycles. The van der Waals surface area contributed by atoms with Crippen LogP contribution in [0.4, 0.5) is 16.2 Å². The van der Waals surface area contributed by atoms with Gasteiger partial charge >= 0.3 is 6.03 Å². The number of aromatic nitrogens is 2. The van der Waals surface area contributed by atoms with Crippen LogP contribution in [0.25, 0.3) is 5.69 Å². The van der Waals surface area contributed by atoms with E-state index in [2.05, 4.69) is 21.0 Å². The lowest BCUT2D eigenvalue weighted by Gasteiger charge is -2.12. The number of methoxy groups -OCH3 is 1. The van der Waals surface area contributed by atoms with Gasteiger partial charge in [-0.2, -0.15) is 5.10 Å². The molecule has 1 saturated heterocycles. The van der Waals surface area contributed by atoms with Crippen LogP contribution in [-0.4, -0.2) is 58.6 Å². The fourth-order valence-electron chi connectivity index (χ4n) is 3.51. The van der Waals surface area contributed by atoms with E-state index < -0.39 is 6.03 Å². The zero-order valence-corrected chi connectivity index (χ0v) is 19.2. The van der Waals surface area contributed by atoms with Gasteiger partial charge in [-0.25, -0.2) is 9.48 Å². The maximum Gasteiger partial charge on any atom is 0.324 e. The van der Waals surface area contributed by atoms with Crippen molar-refractivity contribution < 1.29 is 23.9 Å². The van der Waals surface area contributed by atoms with Gasteiger partial charge in [-0.3, -0.25) is 19.3 Å². The van der Waals surface area contributed by atoms with E-state index in [1.807, 2.05) is 25.1 Å². The van der Waals surface area contributed by atoms with Gasteiger partial charge in [0.1, 0.15) is 11.4 Å². The summed E-state index contributed by atoms with van der Waals surface area (Å²) in [4.78, 5) is 48.9. The molecular formula is C24H24N6O5. The Morgan fingerprint density at radius 3 is 2.43 bits per heavy atom. The van der Waals surface area contributed by atoms with E-state index in [0.29, 0.717) is 17.1 Å². The van der Waals surface area contributed by atoms with Crippen LogP contribution in [0.2, 0.25) is 0 Å². The Labute approximate surface area is 201 Å². The molecule has 11 nitrogen and oxygen atoms in total. The number of carbonyl (C=O) groups excluding carboxylic acids is 4. The fourth-order valence-corrected chi connectivity index (χ4v) is 3.51. The molecule has 2 aromatic carbocycles. The number of rotatable bonds is 8. The number of benzene rings is 2. The molecule has 1 aliphatic heterocycles. The Hall–Kier alpha value is -4.67. The van der Waals surface area contributed by atoms with Crippen molar-refractivity contribution >= 4 is 35.1 Å². The summed E-state index contributed by atoms with van der Waals surface area (Å²) in [6.07, 6.45) is 1.66. The second kappa shape index (κ2) is 10.1. The molecular weight excluding hydrogens is 452 g/mol. The topological polar surface area (TPSA) is 135 Å². The van der Waals surface area contributed by atoms with Crippen molar-refractivity contribution in [2.75, 3.05) is 30.8 Å². The lowest BCUT2D eigenvalue weighted by Crippen LogP contribution is -2.33. The molecule has 0 bridgehead atoms. The van der Waals surface area contributed by atoms with Crippen LogP contribution >= 0.6 is 0 Å². The highest BCUT2D eigenvalue weighted by atomic mass is 16.5. The highest BCUT2D eigenvalue weighted by molar-refractivity contribution is 6.03. The lowest BCUT2D eigenvalue weighted by atomic mass is 10.2. The predicted octanol–water partition coefficient (Wildman–Crippen LogP) is 2.32. The van der Waals surface area contributed by atoms with Crippen LogP contribution in [0.15, 0.2) is 54.7 Å². The number of nitrogens with zero attached hydrogens (tertiary/aromatic N) is 3. The van der Waals surface area contributed by atoms with Crippen molar-refractivity contribution in [3.05, 3.63) is 66.0 Å². The highest BCUT2D eigenvalue weighted by Crippen LogP contribution is 2.23. The molecule has 180 valence electrons. The van der Waals surface area contributed by atoms with Crippen molar-refractivity contribution in [3.8, 4) is 11.4 Å². The minimum atomic E-state index is -0.495. The smallest absolute Gasteiger partial charge is 0.324 e. The second-order valence-electron chi connectivity index (χ2n) is 7.85. The van der Waals surface area contributed by atoms with Gasteiger partial charge in [0.2, 0.25) is 11.8 Å². The Kier molecular flexibility index (Phi) is 6.76. The van der Waals surface area contributed by atoms with Crippen LogP contribution in [0.3, 0.4) is 0 Å². The number of imide groups is 1. The Balaban J connectivity index is 1.33. The Bertz CT molecular complexity index is 1270. The highest BCUT2D eigenvalue weighted by Gasteiger charge is 2.28. The molecule has 1 aliphatic rings. The Morgan fingerprint density at radius 2 is 1.77 bits per heavy atom. The molecule has 3 N–H and O–H groups in total. The summed E-state index contributed by atoms with van der Waals surface area (Å²) in [5, 5.41) is 12.2. The van der Waals surface area contributed by atoms with E-state index in [4.69, 9.17) is 4.74 Å². The zero-order chi connectivity index (χ0) is 24.9. The third kappa shape index (κ3) is 5.46.